The summed E-state index contributed by atoms with van der Waals surface area (Å²) in [5.41, 5.74) is 17.7. The summed E-state index contributed by atoms with van der Waals surface area (Å²) >= 11 is 0. The Bertz CT molecular complexity index is 1550. The maximum Gasteiger partial charge on any atom is 0.326 e. The van der Waals surface area contributed by atoms with Gasteiger partial charge in [-0.05, 0) is 55.0 Å². The molecule has 0 radical (unpaired) electrons. The van der Waals surface area contributed by atoms with Crippen LogP contribution in [0.3, 0.4) is 0 Å². The van der Waals surface area contributed by atoms with Gasteiger partial charge in [0.2, 0.25) is 23.6 Å². The van der Waals surface area contributed by atoms with E-state index in [0.29, 0.717) is 30.9 Å². The lowest BCUT2D eigenvalue weighted by atomic mass is 10.0. The van der Waals surface area contributed by atoms with Crippen molar-refractivity contribution in [2.75, 3.05) is 19.6 Å². The standard InChI is InChI=1S/C35H53N9O8/c1-21(2)39-16-6-5-10-25(36)31(48)43-26(11-7-17-40-35(37)38)33(50)44-28(19-22-12-13-23-8-3-4-9-24(23)18-22)32(49)41-20-29(45)42-27(34(51)52)14-15-30(46)47/h3-4,8-9,12-13,18,21,25-28,39H,5-7,10-11,14-17,19-20,36H2,1-2H3,(H,41,49)(H,42,45)(H,43,48)(H,44,50)(H,46,47)(H,51,52)(H4,37,38,40)/t25-,26+,27+,28-/m0/s1. The Labute approximate surface area is 302 Å². The summed E-state index contributed by atoms with van der Waals surface area (Å²) < 4.78 is 0. The Balaban J connectivity index is 2.23. The van der Waals surface area contributed by atoms with Crippen LogP contribution < -0.4 is 43.8 Å². The molecule has 0 saturated carbocycles. The van der Waals surface area contributed by atoms with Gasteiger partial charge in [-0.25, -0.2) is 4.79 Å². The maximum atomic E-state index is 13.8. The summed E-state index contributed by atoms with van der Waals surface area (Å²) in [5.74, 6) is -5.65. The minimum atomic E-state index is -1.49. The van der Waals surface area contributed by atoms with Crippen LogP contribution in [0.15, 0.2) is 47.5 Å². The van der Waals surface area contributed by atoms with Crippen molar-refractivity contribution in [1.82, 2.24) is 26.6 Å². The quantitative estimate of drug-likeness (QED) is 0.0370. The zero-order valence-corrected chi connectivity index (χ0v) is 29.7. The molecule has 0 spiro atoms. The summed E-state index contributed by atoms with van der Waals surface area (Å²) in [5, 5.41) is 33.4. The lowest BCUT2D eigenvalue weighted by Crippen LogP contribution is -2.57. The number of amides is 4. The number of nitrogens with zero attached hydrogens (tertiary/aromatic N) is 1. The van der Waals surface area contributed by atoms with Crippen molar-refractivity contribution in [3.63, 3.8) is 0 Å². The van der Waals surface area contributed by atoms with Crippen molar-refractivity contribution >= 4 is 52.3 Å². The van der Waals surface area contributed by atoms with Crippen LogP contribution in [0.1, 0.15) is 64.4 Å². The average molecular weight is 728 g/mol. The van der Waals surface area contributed by atoms with Crippen LogP contribution in [0, 0.1) is 0 Å². The van der Waals surface area contributed by atoms with Gasteiger partial charge in [0.1, 0.15) is 18.1 Å². The van der Waals surface area contributed by atoms with E-state index in [2.05, 4.69) is 31.6 Å². The molecule has 0 fully saturated rings. The van der Waals surface area contributed by atoms with Gasteiger partial charge in [0.15, 0.2) is 5.96 Å². The van der Waals surface area contributed by atoms with Crippen LogP contribution in [0.2, 0.25) is 0 Å². The number of benzene rings is 2. The summed E-state index contributed by atoms with van der Waals surface area (Å²) in [6, 6.07) is 8.71. The number of nitrogens with two attached hydrogens (primary N) is 3. The molecule has 286 valence electrons. The van der Waals surface area contributed by atoms with Gasteiger partial charge in [0.25, 0.3) is 0 Å². The molecule has 17 nitrogen and oxygen atoms in total. The predicted octanol–water partition coefficient (Wildman–Crippen LogP) is -0.548. The van der Waals surface area contributed by atoms with Gasteiger partial charge in [0, 0.05) is 25.4 Å². The Morgan fingerprint density at radius 1 is 0.769 bits per heavy atom. The fourth-order valence-electron chi connectivity index (χ4n) is 5.21. The minimum absolute atomic E-state index is 0.00101. The van der Waals surface area contributed by atoms with Gasteiger partial charge in [-0.1, -0.05) is 62.7 Å². The van der Waals surface area contributed by atoms with Gasteiger partial charge in [-0.2, -0.15) is 0 Å². The van der Waals surface area contributed by atoms with Gasteiger partial charge in [-0.3, -0.25) is 29.0 Å². The van der Waals surface area contributed by atoms with E-state index in [0.717, 1.165) is 23.7 Å². The molecule has 0 bridgehead atoms. The molecule has 0 saturated heterocycles. The number of aliphatic carboxylic acids is 2. The van der Waals surface area contributed by atoms with Crippen LogP contribution in [-0.2, 0) is 35.2 Å². The number of rotatable bonds is 24. The Kier molecular flexibility index (Phi) is 18.6. The normalized spacial score (nSPS) is 13.3. The second-order valence-electron chi connectivity index (χ2n) is 12.8. The Morgan fingerprint density at radius 2 is 1.46 bits per heavy atom. The zero-order chi connectivity index (χ0) is 38.6. The smallest absolute Gasteiger partial charge is 0.326 e. The molecular weight excluding hydrogens is 674 g/mol. The second-order valence-corrected chi connectivity index (χ2v) is 12.8. The first-order valence-corrected chi connectivity index (χ1v) is 17.3. The highest BCUT2D eigenvalue weighted by Gasteiger charge is 2.29. The number of carbonyl (C=O) groups is 6. The highest BCUT2D eigenvalue weighted by Crippen LogP contribution is 2.17. The van der Waals surface area contributed by atoms with E-state index in [4.69, 9.17) is 22.3 Å². The van der Waals surface area contributed by atoms with Crippen LogP contribution in [-0.4, -0.2) is 102 Å². The predicted molar refractivity (Wildman–Crippen MR) is 196 cm³/mol. The molecular formula is C35H53N9O8. The molecule has 52 heavy (non-hydrogen) atoms. The first kappa shape index (κ1) is 42.9. The number of unbranched alkanes of at least 4 members (excludes halogenated alkanes) is 1. The van der Waals surface area contributed by atoms with Crippen LogP contribution in [0.5, 0.6) is 0 Å². The number of aliphatic imine (C=N–C) groups is 1. The lowest BCUT2D eigenvalue weighted by Gasteiger charge is -2.24. The molecule has 2 aromatic rings. The number of fused-ring (bicyclic) bond motifs is 1. The van der Waals surface area contributed by atoms with Crippen molar-refractivity contribution in [1.29, 1.82) is 0 Å². The third-order valence-electron chi connectivity index (χ3n) is 8.00. The molecule has 4 atom stereocenters. The number of carboxylic acid groups (broad SMARTS) is 2. The lowest BCUT2D eigenvalue weighted by molar-refractivity contribution is -0.143. The number of hydrogen-bond acceptors (Lipinski definition) is 9. The molecule has 4 amide bonds. The van der Waals surface area contributed by atoms with Gasteiger partial charge in [0.05, 0.1) is 12.6 Å². The summed E-state index contributed by atoms with van der Waals surface area (Å²) in [7, 11) is 0. The molecule has 0 unspecified atom stereocenters. The van der Waals surface area contributed by atoms with Crippen LogP contribution >= 0.6 is 0 Å². The zero-order valence-electron chi connectivity index (χ0n) is 29.7. The second kappa shape index (κ2) is 22.5. The summed E-state index contributed by atoms with van der Waals surface area (Å²) in [6.45, 7) is 4.37. The van der Waals surface area contributed by atoms with E-state index in [1.165, 1.54) is 0 Å². The maximum absolute atomic E-state index is 13.8. The van der Waals surface area contributed by atoms with Gasteiger partial charge < -0.3 is 54.0 Å². The number of guanidine groups is 1. The van der Waals surface area contributed by atoms with Crippen molar-refractivity contribution in [2.24, 2.45) is 22.2 Å². The molecule has 0 aromatic heterocycles. The number of carbonyl (C=O) groups excluding carboxylic acids is 4. The molecule has 2 aromatic carbocycles. The number of carboxylic acids is 2. The number of nitrogens with one attached hydrogen (secondary N) is 5. The van der Waals surface area contributed by atoms with Crippen molar-refractivity contribution in [3.05, 3.63) is 48.0 Å². The van der Waals surface area contributed by atoms with Gasteiger partial charge >= 0.3 is 11.9 Å². The largest absolute Gasteiger partial charge is 0.481 e. The SMILES string of the molecule is CC(C)NCCCC[C@H](N)C(=O)N[C@H](CCCN=C(N)N)C(=O)N[C@@H](Cc1ccc2ccccc2c1)C(=O)NCC(=O)N[C@H](CCC(=O)O)C(=O)O. The summed E-state index contributed by atoms with van der Waals surface area (Å²) in [4.78, 5) is 79.3. The van der Waals surface area contributed by atoms with Crippen LogP contribution in [0.4, 0.5) is 0 Å². The minimum Gasteiger partial charge on any atom is -0.481 e. The molecule has 0 aliphatic carbocycles. The highest BCUT2D eigenvalue weighted by atomic mass is 16.4. The van der Waals surface area contributed by atoms with E-state index in [1.807, 2.05) is 50.2 Å². The Hall–Kier alpha value is -5.29. The first-order valence-electron chi connectivity index (χ1n) is 17.3. The van der Waals surface area contributed by atoms with E-state index in [-0.39, 0.29) is 31.8 Å². The van der Waals surface area contributed by atoms with E-state index in [9.17, 15) is 33.9 Å². The van der Waals surface area contributed by atoms with Crippen LogP contribution in [0.25, 0.3) is 10.8 Å². The number of hydrogen-bond donors (Lipinski definition) is 10. The first-order chi connectivity index (χ1) is 24.7. The van der Waals surface area contributed by atoms with E-state index < -0.39 is 72.7 Å². The fraction of sp³-hybridized carbons (Fsp3) is 0.514. The molecule has 0 aliphatic heterocycles. The highest BCUT2D eigenvalue weighted by molar-refractivity contribution is 5.95. The van der Waals surface area contributed by atoms with Crippen molar-refractivity contribution in [2.45, 2.75) is 95.4 Å². The molecule has 0 heterocycles. The Morgan fingerprint density at radius 3 is 2.12 bits per heavy atom. The molecule has 2 rings (SSSR count). The average Bonchev–Trinajstić information content (AvgIpc) is 3.08. The van der Waals surface area contributed by atoms with Crippen molar-refractivity contribution < 1.29 is 39.0 Å². The third kappa shape index (κ3) is 16.6. The third-order valence-corrected chi connectivity index (χ3v) is 8.00. The monoisotopic (exact) mass is 727 g/mol. The van der Waals surface area contributed by atoms with Crippen molar-refractivity contribution in [3.8, 4) is 0 Å². The molecule has 0 aliphatic rings. The molecule has 17 heteroatoms. The fourth-order valence-corrected chi connectivity index (χ4v) is 5.21. The van der Waals surface area contributed by atoms with E-state index in [1.54, 1.807) is 6.07 Å². The van der Waals surface area contributed by atoms with Gasteiger partial charge in [-0.15, -0.1) is 0 Å². The van der Waals surface area contributed by atoms with E-state index >= 15 is 0 Å². The molecule has 13 N–H and O–H groups in total. The summed E-state index contributed by atoms with van der Waals surface area (Å²) in [6.07, 6.45) is 1.45. The topological polar surface area (TPSA) is 293 Å².